The fourth-order valence-corrected chi connectivity index (χ4v) is 2.37. The van der Waals surface area contributed by atoms with E-state index < -0.39 is 5.97 Å². The quantitative estimate of drug-likeness (QED) is 0.711. The number of carbonyl (C=O) groups is 1. The number of methoxy groups -OCH3 is 1. The number of hydrogen-bond donors (Lipinski definition) is 1. The molecular weight excluding hydrogens is 318 g/mol. The molecule has 0 aliphatic rings. The molecule has 25 heavy (non-hydrogen) atoms. The van der Waals surface area contributed by atoms with Crippen LogP contribution in [-0.4, -0.2) is 29.2 Å². The Kier molecular flexibility index (Phi) is 4.79. The average Bonchev–Trinajstić information content (AvgIpc) is 2.61. The lowest BCUT2D eigenvalue weighted by molar-refractivity contribution is 0.0372. The second kappa shape index (κ2) is 7.17. The Morgan fingerprint density at radius 3 is 2.32 bits per heavy atom. The Morgan fingerprint density at radius 1 is 1.00 bits per heavy atom. The van der Waals surface area contributed by atoms with E-state index in [0.717, 1.165) is 0 Å². The Bertz CT molecular complexity index is 909. The summed E-state index contributed by atoms with van der Waals surface area (Å²) in [4.78, 5) is 21.5. The molecule has 3 rings (SSSR count). The first-order valence-corrected chi connectivity index (χ1v) is 7.96. The van der Waals surface area contributed by atoms with Gasteiger partial charge in [-0.25, -0.2) is 14.8 Å². The van der Waals surface area contributed by atoms with Crippen LogP contribution in [0.25, 0.3) is 11.0 Å². The summed E-state index contributed by atoms with van der Waals surface area (Å²) in [7, 11) is 1.58. The predicted molar refractivity (Wildman–Crippen MR) is 96.4 cm³/mol. The molecule has 0 spiro atoms. The van der Waals surface area contributed by atoms with Gasteiger partial charge >= 0.3 is 5.97 Å². The fraction of sp³-hybridized carbons (Fsp3) is 0.211. The molecular formula is C19H19N3O3. The van der Waals surface area contributed by atoms with E-state index in [0.29, 0.717) is 28.3 Å². The minimum absolute atomic E-state index is 0.137. The third-order valence-corrected chi connectivity index (χ3v) is 3.47. The Labute approximate surface area is 145 Å². The molecule has 1 heterocycles. The van der Waals surface area contributed by atoms with Gasteiger partial charge in [0.25, 0.3) is 0 Å². The molecule has 6 heteroatoms. The highest BCUT2D eigenvalue weighted by Crippen LogP contribution is 2.28. The van der Waals surface area contributed by atoms with Crippen molar-refractivity contribution in [3.05, 3.63) is 54.2 Å². The molecule has 0 saturated heterocycles. The van der Waals surface area contributed by atoms with Crippen molar-refractivity contribution in [2.45, 2.75) is 20.0 Å². The van der Waals surface area contributed by atoms with Gasteiger partial charge in [-0.05, 0) is 38.1 Å². The summed E-state index contributed by atoms with van der Waals surface area (Å²) in [5.41, 5.74) is 2.14. The van der Waals surface area contributed by atoms with Crippen molar-refractivity contribution in [1.82, 2.24) is 9.97 Å². The molecule has 1 N–H and O–H groups in total. The number of nitrogens with zero attached hydrogens (tertiary/aromatic N) is 2. The van der Waals surface area contributed by atoms with Crippen LogP contribution in [0.5, 0.6) is 5.75 Å². The summed E-state index contributed by atoms with van der Waals surface area (Å²) in [5, 5.41) is 3.14. The average molecular weight is 337 g/mol. The van der Waals surface area contributed by atoms with Gasteiger partial charge in [-0.3, -0.25) is 0 Å². The van der Waals surface area contributed by atoms with Gasteiger partial charge in [-0.1, -0.05) is 24.3 Å². The number of aromatic nitrogens is 2. The van der Waals surface area contributed by atoms with Crippen molar-refractivity contribution in [3.63, 3.8) is 0 Å². The molecule has 128 valence electrons. The van der Waals surface area contributed by atoms with E-state index in [1.807, 2.05) is 42.5 Å². The molecule has 0 radical (unpaired) electrons. The second-order valence-electron chi connectivity index (χ2n) is 5.69. The van der Waals surface area contributed by atoms with Crippen LogP contribution >= 0.6 is 0 Å². The van der Waals surface area contributed by atoms with Crippen molar-refractivity contribution in [2.24, 2.45) is 0 Å². The van der Waals surface area contributed by atoms with Crippen LogP contribution in [0.4, 0.5) is 11.5 Å². The van der Waals surface area contributed by atoms with E-state index in [1.54, 1.807) is 27.0 Å². The summed E-state index contributed by atoms with van der Waals surface area (Å²) < 4.78 is 10.7. The number of hydrogen-bond acceptors (Lipinski definition) is 6. The van der Waals surface area contributed by atoms with E-state index in [4.69, 9.17) is 9.47 Å². The maximum atomic E-state index is 12.5. The zero-order valence-electron chi connectivity index (χ0n) is 14.3. The van der Waals surface area contributed by atoms with Crippen molar-refractivity contribution < 1.29 is 14.3 Å². The Hall–Kier alpha value is -3.15. The van der Waals surface area contributed by atoms with Crippen LogP contribution < -0.4 is 10.1 Å². The van der Waals surface area contributed by atoms with Gasteiger partial charge in [-0.15, -0.1) is 0 Å². The lowest BCUT2D eigenvalue weighted by Gasteiger charge is -2.14. The Morgan fingerprint density at radius 2 is 1.64 bits per heavy atom. The van der Waals surface area contributed by atoms with Crippen LogP contribution in [0, 0.1) is 0 Å². The van der Waals surface area contributed by atoms with E-state index >= 15 is 0 Å². The number of para-hydroxylation sites is 4. The van der Waals surface area contributed by atoms with Gasteiger partial charge < -0.3 is 14.8 Å². The van der Waals surface area contributed by atoms with E-state index in [-0.39, 0.29) is 11.8 Å². The molecule has 1 aromatic heterocycles. The third-order valence-electron chi connectivity index (χ3n) is 3.47. The highest BCUT2D eigenvalue weighted by molar-refractivity contribution is 5.96. The normalized spacial score (nSPS) is 10.7. The summed E-state index contributed by atoms with van der Waals surface area (Å²) in [6.45, 7) is 3.58. The zero-order chi connectivity index (χ0) is 17.8. The van der Waals surface area contributed by atoms with Gasteiger partial charge in [0, 0.05) is 0 Å². The number of ether oxygens (including phenoxy) is 2. The molecule has 2 aromatic carbocycles. The van der Waals surface area contributed by atoms with E-state index in [2.05, 4.69) is 15.3 Å². The zero-order valence-corrected chi connectivity index (χ0v) is 14.3. The molecule has 0 aliphatic carbocycles. The minimum atomic E-state index is -0.523. The first-order valence-electron chi connectivity index (χ1n) is 7.96. The number of fused-ring (bicyclic) bond motifs is 1. The van der Waals surface area contributed by atoms with Crippen LogP contribution in [0.2, 0.25) is 0 Å². The number of rotatable bonds is 5. The van der Waals surface area contributed by atoms with Crippen LogP contribution in [-0.2, 0) is 4.74 Å². The van der Waals surface area contributed by atoms with Crippen LogP contribution in [0.15, 0.2) is 48.5 Å². The number of anilines is 2. The fourth-order valence-electron chi connectivity index (χ4n) is 2.37. The highest BCUT2D eigenvalue weighted by atomic mass is 16.5. The summed E-state index contributed by atoms with van der Waals surface area (Å²) in [6.07, 6.45) is -0.250. The highest BCUT2D eigenvalue weighted by Gasteiger charge is 2.20. The number of carbonyl (C=O) groups excluding carboxylic acids is 1. The van der Waals surface area contributed by atoms with Crippen molar-refractivity contribution in [3.8, 4) is 5.75 Å². The van der Waals surface area contributed by atoms with Crippen molar-refractivity contribution >= 4 is 28.5 Å². The van der Waals surface area contributed by atoms with Crippen LogP contribution in [0.3, 0.4) is 0 Å². The number of nitrogens with one attached hydrogen (secondary N) is 1. The maximum Gasteiger partial charge on any atom is 0.361 e. The monoisotopic (exact) mass is 337 g/mol. The molecule has 0 atom stereocenters. The number of esters is 1. The van der Waals surface area contributed by atoms with Crippen molar-refractivity contribution in [1.29, 1.82) is 0 Å². The lowest BCUT2D eigenvalue weighted by atomic mass is 10.2. The second-order valence-corrected chi connectivity index (χ2v) is 5.69. The molecule has 6 nitrogen and oxygen atoms in total. The molecule has 0 fully saturated rings. The molecule has 0 aliphatic heterocycles. The Balaban J connectivity index is 2.09. The van der Waals surface area contributed by atoms with Gasteiger partial charge in [0.15, 0.2) is 11.5 Å². The molecule has 0 unspecified atom stereocenters. The predicted octanol–water partition coefficient (Wildman–Crippen LogP) is 3.95. The SMILES string of the molecule is COc1ccccc1Nc1nc2ccccc2nc1C(=O)OC(C)C. The van der Waals surface area contributed by atoms with Gasteiger partial charge in [-0.2, -0.15) is 0 Å². The van der Waals surface area contributed by atoms with E-state index in [9.17, 15) is 4.79 Å². The summed E-state index contributed by atoms with van der Waals surface area (Å²) in [5.74, 6) is 0.445. The number of benzene rings is 2. The standard InChI is InChI=1S/C19H19N3O3/c1-12(2)25-19(23)17-18(21-14-9-5-4-8-13(14)20-17)22-15-10-6-7-11-16(15)24-3/h4-12H,1-3H3,(H,21,22). The van der Waals surface area contributed by atoms with Gasteiger partial charge in [0.1, 0.15) is 5.75 Å². The largest absolute Gasteiger partial charge is 0.495 e. The molecule has 0 saturated carbocycles. The minimum Gasteiger partial charge on any atom is -0.495 e. The maximum absolute atomic E-state index is 12.5. The molecule has 3 aromatic rings. The van der Waals surface area contributed by atoms with Gasteiger partial charge in [0.05, 0.1) is 29.9 Å². The smallest absolute Gasteiger partial charge is 0.361 e. The molecule has 0 amide bonds. The van der Waals surface area contributed by atoms with Crippen LogP contribution in [0.1, 0.15) is 24.3 Å². The first-order chi connectivity index (χ1) is 12.1. The van der Waals surface area contributed by atoms with E-state index in [1.165, 1.54) is 0 Å². The third kappa shape index (κ3) is 3.68. The molecule has 0 bridgehead atoms. The summed E-state index contributed by atoms with van der Waals surface area (Å²) >= 11 is 0. The lowest BCUT2D eigenvalue weighted by Crippen LogP contribution is -2.16. The first kappa shape index (κ1) is 16.7. The van der Waals surface area contributed by atoms with Gasteiger partial charge in [0.2, 0.25) is 0 Å². The van der Waals surface area contributed by atoms with Crippen molar-refractivity contribution in [2.75, 3.05) is 12.4 Å². The summed E-state index contributed by atoms with van der Waals surface area (Å²) in [6, 6.07) is 14.8. The topological polar surface area (TPSA) is 73.3 Å².